The van der Waals surface area contributed by atoms with Crippen LogP contribution in [-0.2, 0) is 6.42 Å². The molecule has 1 fully saturated rings. The molecule has 2 heterocycles. The van der Waals surface area contributed by atoms with Gasteiger partial charge in [-0.15, -0.1) is 5.10 Å². The molecule has 2 aromatic heterocycles. The Hall–Kier alpha value is -2.88. The topological polar surface area (TPSA) is 113 Å². The molecule has 1 aliphatic carbocycles. The van der Waals surface area contributed by atoms with Crippen molar-refractivity contribution in [2.75, 3.05) is 0 Å². The van der Waals surface area contributed by atoms with Gasteiger partial charge in [0.15, 0.2) is 5.82 Å². The fourth-order valence-corrected chi connectivity index (χ4v) is 3.33. The third kappa shape index (κ3) is 3.40. The highest BCUT2D eigenvalue weighted by Gasteiger charge is 2.28. The summed E-state index contributed by atoms with van der Waals surface area (Å²) >= 11 is 1.40. The molecule has 0 spiro atoms. The Balaban J connectivity index is 1.66. The van der Waals surface area contributed by atoms with Crippen LogP contribution < -0.4 is 0 Å². The number of benzene rings is 1. The third-order valence-electron chi connectivity index (χ3n) is 4.01. The van der Waals surface area contributed by atoms with Gasteiger partial charge in [-0.1, -0.05) is 6.92 Å². The Morgan fingerprint density at radius 3 is 2.69 bits per heavy atom. The molecule has 1 aromatic carbocycles. The summed E-state index contributed by atoms with van der Waals surface area (Å²) < 4.78 is 1.84. The van der Waals surface area contributed by atoms with E-state index in [1.54, 1.807) is 12.1 Å². The third-order valence-corrected chi connectivity index (χ3v) is 4.88. The molecular weight excluding hydrogens is 354 g/mol. The molecule has 9 nitrogen and oxygen atoms in total. The first-order valence-corrected chi connectivity index (χ1v) is 9.04. The van der Waals surface area contributed by atoms with E-state index in [1.165, 1.54) is 23.9 Å². The molecule has 132 valence electrons. The van der Waals surface area contributed by atoms with E-state index in [-0.39, 0.29) is 5.69 Å². The first kappa shape index (κ1) is 16.6. The summed E-state index contributed by atoms with van der Waals surface area (Å²) in [5.41, 5.74) is 1.66. The first-order valence-electron chi connectivity index (χ1n) is 8.22. The minimum Gasteiger partial charge on any atom is -0.258 e. The van der Waals surface area contributed by atoms with Gasteiger partial charge in [0.25, 0.3) is 5.69 Å². The van der Waals surface area contributed by atoms with Crippen molar-refractivity contribution < 1.29 is 4.92 Å². The first-order chi connectivity index (χ1) is 12.6. The van der Waals surface area contributed by atoms with Crippen LogP contribution in [0.5, 0.6) is 0 Å². The van der Waals surface area contributed by atoms with Gasteiger partial charge in [-0.05, 0) is 59.7 Å². The predicted octanol–water partition coefficient (Wildman–Crippen LogP) is 3.09. The predicted molar refractivity (Wildman–Crippen MR) is 93.7 cm³/mol. The van der Waals surface area contributed by atoms with E-state index < -0.39 is 4.92 Å². The summed E-state index contributed by atoms with van der Waals surface area (Å²) in [5, 5.41) is 24.2. The minimum absolute atomic E-state index is 0.0404. The molecule has 0 aliphatic heterocycles. The van der Waals surface area contributed by atoms with E-state index in [2.05, 4.69) is 25.5 Å². The number of rotatable bonds is 6. The molecule has 0 atom stereocenters. The van der Waals surface area contributed by atoms with Crippen molar-refractivity contribution in [3.8, 4) is 11.4 Å². The summed E-state index contributed by atoms with van der Waals surface area (Å²) in [5.74, 6) is 0.534. The van der Waals surface area contributed by atoms with Crippen molar-refractivity contribution in [1.29, 1.82) is 0 Å². The normalized spacial score (nSPS) is 13.7. The maximum atomic E-state index is 10.8. The monoisotopic (exact) mass is 369 g/mol. The zero-order valence-corrected chi connectivity index (χ0v) is 14.8. The van der Waals surface area contributed by atoms with Crippen molar-refractivity contribution in [3.05, 3.63) is 46.1 Å². The number of non-ortho nitro benzene ring substituents is 1. The Morgan fingerprint density at radius 2 is 2.04 bits per heavy atom. The molecule has 3 aromatic rings. The van der Waals surface area contributed by atoms with Crippen molar-refractivity contribution in [1.82, 2.24) is 30.2 Å². The fourth-order valence-electron chi connectivity index (χ4n) is 2.46. The Kier molecular flexibility index (Phi) is 4.33. The second kappa shape index (κ2) is 6.79. The van der Waals surface area contributed by atoms with Crippen LogP contribution in [0.2, 0.25) is 0 Å². The second-order valence-corrected chi connectivity index (χ2v) is 6.91. The molecule has 1 aliphatic rings. The molecular formula is C16H15N7O2S. The summed E-state index contributed by atoms with van der Waals surface area (Å²) in [6.45, 7) is 2.02. The van der Waals surface area contributed by atoms with E-state index in [0.29, 0.717) is 17.0 Å². The van der Waals surface area contributed by atoms with E-state index in [4.69, 9.17) is 0 Å². The van der Waals surface area contributed by atoms with E-state index in [9.17, 15) is 10.1 Å². The maximum Gasteiger partial charge on any atom is 0.269 e. The number of nitro groups is 1. The van der Waals surface area contributed by atoms with Crippen LogP contribution in [0.25, 0.3) is 11.4 Å². The molecule has 0 amide bonds. The second-order valence-electron chi connectivity index (χ2n) is 5.92. The number of nitro benzene ring substituents is 1. The SMILES string of the molecule is CCc1cc(Sc2nnnn2C2CC2)nc(-c2ccc([N+](=O)[O-])cc2)n1. The molecule has 26 heavy (non-hydrogen) atoms. The standard InChI is InChI=1S/C16H15N7O2S/c1-2-11-9-14(26-16-19-20-21-22(16)12-7-8-12)18-15(17-11)10-3-5-13(6-4-10)23(24)25/h3-6,9,12H,2,7-8H2,1H3. The lowest BCUT2D eigenvalue weighted by Gasteiger charge is -2.07. The summed E-state index contributed by atoms with van der Waals surface area (Å²) in [6.07, 6.45) is 2.94. The van der Waals surface area contributed by atoms with Gasteiger partial charge >= 0.3 is 0 Å². The lowest BCUT2D eigenvalue weighted by Crippen LogP contribution is -2.00. The Morgan fingerprint density at radius 1 is 1.27 bits per heavy atom. The van der Waals surface area contributed by atoms with Crippen LogP contribution >= 0.6 is 11.8 Å². The number of hydrogen-bond acceptors (Lipinski definition) is 8. The quantitative estimate of drug-likeness (QED) is 0.370. The van der Waals surface area contributed by atoms with Gasteiger partial charge in [0, 0.05) is 23.4 Å². The van der Waals surface area contributed by atoms with Crippen LogP contribution in [0.3, 0.4) is 0 Å². The van der Waals surface area contributed by atoms with Crippen LogP contribution in [0, 0.1) is 10.1 Å². The number of tetrazole rings is 1. The summed E-state index contributed by atoms with van der Waals surface area (Å²) in [7, 11) is 0. The molecule has 10 heteroatoms. The van der Waals surface area contributed by atoms with Crippen molar-refractivity contribution in [2.24, 2.45) is 0 Å². The molecule has 4 rings (SSSR count). The smallest absolute Gasteiger partial charge is 0.258 e. The van der Waals surface area contributed by atoms with Crippen LogP contribution in [0.4, 0.5) is 5.69 Å². The van der Waals surface area contributed by atoms with Gasteiger partial charge in [0.1, 0.15) is 5.03 Å². The highest BCUT2D eigenvalue weighted by molar-refractivity contribution is 7.99. The van der Waals surface area contributed by atoms with E-state index in [1.807, 2.05) is 17.7 Å². The molecule has 1 saturated carbocycles. The minimum atomic E-state index is -0.425. The molecule has 0 bridgehead atoms. The van der Waals surface area contributed by atoms with Gasteiger partial charge in [-0.25, -0.2) is 14.6 Å². The lowest BCUT2D eigenvalue weighted by atomic mass is 10.2. The number of aromatic nitrogens is 6. The van der Waals surface area contributed by atoms with Crippen LogP contribution in [-0.4, -0.2) is 35.1 Å². The molecule has 0 unspecified atom stereocenters. The summed E-state index contributed by atoms with van der Waals surface area (Å²) in [6, 6.07) is 8.54. The Labute approximate surface area is 153 Å². The van der Waals surface area contributed by atoms with Crippen molar-refractivity contribution in [3.63, 3.8) is 0 Å². The lowest BCUT2D eigenvalue weighted by molar-refractivity contribution is -0.384. The summed E-state index contributed by atoms with van der Waals surface area (Å²) in [4.78, 5) is 19.5. The average molecular weight is 369 g/mol. The molecule has 0 radical (unpaired) electrons. The largest absolute Gasteiger partial charge is 0.269 e. The van der Waals surface area contributed by atoms with Gasteiger partial charge in [-0.3, -0.25) is 10.1 Å². The molecule has 0 N–H and O–H groups in total. The van der Waals surface area contributed by atoms with Crippen LogP contribution in [0.15, 0.2) is 40.5 Å². The fraction of sp³-hybridized carbons (Fsp3) is 0.312. The zero-order valence-electron chi connectivity index (χ0n) is 13.9. The number of hydrogen-bond donors (Lipinski definition) is 0. The van der Waals surface area contributed by atoms with Gasteiger partial charge in [0.05, 0.1) is 11.0 Å². The van der Waals surface area contributed by atoms with Crippen molar-refractivity contribution >= 4 is 17.4 Å². The van der Waals surface area contributed by atoms with Gasteiger partial charge in [-0.2, -0.15) is 0 Å². The van der Waals surface area contributed by atoms with Gasteiger partial charge < -0.3 is 0 Å². The van der Waals surface area contributed by atoms with Crippen LogP contribution in [0.1, 0.15) is 31.5 Å². The number of aryl methyl sites for hydroxylation is 1. The van der Waals surface area contributed by atoms with Gasteiger partial charge in [0.2, 0.25) is 5.16 Å². The van der Waals surface area contributed by atoms with E-state index in [0.717, 1.165) is 35.5 Å². The van der Waals surface area contributed by atoms with E-state index >= 15 is 0 Å². The van der Waals surface area contributed by atoms with Crippen molar-refractivity contribution in [2.45, 2.75) is 42.4 Å². The highest BCUT2D eigenvalue weighted by Crippen LogP contribution is 2.38. The highest BCUT2D eigenvalue weighted by atomic mass is 32.2. The maximum absolute atomic E-state index is 10.8. The number of nitrogens with zero attached hydrogens (tertiary/aromatic N) is 7. The zero-order chi connectivity index (χ0) is 18.1. The Bertz CT molecular complexity index is 953. The molecule has 0 saturated heterocycles. The average Bonchev–Trinajstić information content (AvgIpc) is 3.41.